The average molecular weight is 266 g/mol. The number of hydrogen-bond acceptors (Lipinski definition) is 4. The summed E-state index contributed by atoms with van der Waals surface area (Å²) in [6.07, 6.45) is 0.857. The number of benzene rings is 1. The number of ether oxygens (including phenoxy) is 2. The SMILES string of the molecule is FCc1cc2c(cc1CCN1CCNCC1)OCO2. The number of nitrogens with zero attached hydrogens (tertiary/aromatic N) is 1. The van der Waals surface area contributed by atoms with Crippen LogP contribution in [0.1, 0.15) is 11.1 Å². The van der Waals surface area contributed by atoms with E-state index in [1.54, 1.807) is 6.07 Å². The Morgan fingerprint density at radius 1 is 1.11 bits per heavy atom. The topological polar surface area (TPSA) is 33.7 Å². The lowest BCUT2D eigenvalue weighted by atomic mass is 10.0. The third-order valence-corrected chi connectivity index (χ3v) is 3.75. The zero-order valence-electron chi connectivity index (χ0n) is 11.0. The molecule has 1 aromatic carbocycles. The Morgan fingerprint density at radius 3 is 2.47 bits per heavy atom. The first-order valence-corrected chi connectivity index (χ1v) is 6.77. The summed E-state index contributed by atoms with van der Waals surface area (Å²) >= 11 is 0. The first kappa shape index (κ1) is 12.7. The largest absolute Gasteiger partial charge is 0.454 e. The van der Waals surface area contributed by atoms with Crippen molar-refractivity contribution in [3.05, 3.63) is 23.3 Å². The van der Waals surface area contributed by atoms with Crippen molar-refractivity contribution in [2.75, 3.05) is 39.5 Å². The maximum atomic E-state index is 13.1. The second-order valence-electron chi connectivity index (χ2n) is 4.95. The van der Waals surface area contributed by atoms with Crippen molar-refractivity contribution in [3.8, 4) is 11.5 Å². The summed E-state index contributed by atoms with van der Waals surface area (Å²) in [4.78, 5) is 2.41. The van der Waals surface area contributed by atoms with Crippen molar-refractivity contribution in [1.29, 1.82) is 0 Å². The van der Waals surface area contributed by atoms with Crippen LogP contribution in [-0.4, -0.2) is 44.4 Å². The fourth-order valence-electron chi connectivity index (χ4n) is 2.60. The van der Waals surface area contributed by atoms with Crippen molar-refractivity contribution < 1.29 is 13.9 Å². The maximum absolute atomic E-state index is 13.1. The molecule has 0 bridgehead atoms. The van der Waals surface area contributed by atoms with Gasteiger partial charge in [-0.1, -0.05) is 0 Å². The quantitative estimate of drug-likeness (QED) is 0.891. The molecule has 0 aliphatic carbocycles. The molecule has 5 heteroatoms. The summed E-state index contributed by atoms with van der Waals surface area (Å²) in [7, 11) is 0. The number of rotatable bonds is 4. The lowest BCUT2D eigenvalue weighted by Crippen LogP contribution is -2.44. The van der Waals surface area contributed by atoms with Crippen molar-refractivity contribution in [2.45, 2.75) is 13.1 Å². The highest BCUT2D eigenvalue weighted by molar-refractivity contribution is 5.48. The second-order valence-corrected chi connectivity index (χ2v) is 4.95. The highest BCUT2D eigenvalue weighted by Gasteiger charge is 2.18. The lowest BCUT2D eigenvalue weighted by molar-refractivity contribution is 0.174. The van der Waals surface area contributed by atoms with Crippen LogP contribution in [0.3, 0.4) is 0 Å². The zero-order valence-corrected chi connectivity index (χ0v) is 11.0. The van der Waals surface area contributed by atoms with E-state index in [1.807, 2.05) is 6.07 Å². The third kappa shape index (κ3) is 2.82. The average Bonchev–Trinajstić information content (AvgIpc) is 2.92. The molecule has 0 spiro atoms. The van der Waals surface area contributed by atoms with Crippen LogP contribution < -0.4 is 14.8 Å². The lowest BCUT2D eigenvalue weighted by Gasteiger charge is -2.27. The summed E-state index contributed by atoms with van der Waals surface area (Å²) in [5, 5.41) is 3.33. The zero-order chi connectivity index (χ0) is 13.1. The number of hydrogen-bond donors (Lipinski definition) is 1. The Labute approximate surface area is 112 Å². The Hall–Kier alpha value is -1.33. The van der Waals surface area contributed by atoms with Gasteiger partial charge >= 0.3 is 0 Å². The van der Waals surface area contributed by atoms with Crippen LogP contribution in [0.5, 0.6) is 11.5 Å². The minimum absolute atomic E-state index is 0.238. The van der Waals surface area contributed by atoms with Crippen LogP contribution in [-0.2, 0) is 13.1 Å². The van der Waals surface area contributed by atoms with Crippen molar-refractivity contribution >= 4 is 0 Å². The number of alkyl halides is 1. The Balaban J connectivity index is 1.69. The number of halogens is 1. The van der Waals surface area contributed by atoms with Gasteiger partial charge in [0.1, 0.15) is 6.67 Å². The van der Waals surface area contributed by atoms with E-state index in [4.69, 9.17) is 9.47 Å². The van der Waals surface area contributed by atoms with Gasteiger partial charge in [-0.25, -0.2) is 4.39 Å². The van der Waals surface area contributed by atoms with Crippen LogP contribution >= 0.6 is 0 Å². The van der Waals surface area contributed by atoms with E-state index in [2.05, 4.69) is 10.2 Å². The predicted octanol–water partition coefficient (Wildman–Crippen LogP) is 1.33. The molecule has 2 aliphatic heterocycles. The van der Waals surface area contributed by atoms with Crippen LogP contribution in [0.25, 0.3) is 0 Å². The van der Waals surface area contributed by atoms with Crippen molar-refractivity contribution in [3.63, 3.8) is 0 Å². The van der Waals surface area contributed by atoms with E-state index in [9.17, 15) is 4.39 Å². The minimum atomic E-state index is -0.451. The summed E-state index contributed by atoms with van der Waals surface area (Å²) in [5.41, 5.74) is 1.75. The smallest absolute Gasteiger partial charge is 0.231 e. The Bertz CT molecular complexity index is 447. The highest BCUT2D eigenvalue weighted by atomic mass is 19.1. The van der Waals surface area contributed by atoms with Crippen LogP contribution in [0.4, 0.5) is 4.39 Å². The molecule has 3 rings (SSSR count). The monoisotopic (exact) mass is 266 g/mol. The number of piperazine rings is 1. The summed E-state index contributed by atoms with van der Waals surface area (Å²) < 4.78 is 23.7. The first-order chi connectivity index (χ1) is 9.36. The molecule has 1 aromatic rings. The van der Waals surface area contributed by atoms with Crippen LogP contribution in [0.2, 0.25) is 0 Å². The van der Waals surface area contributed by atoms with Gasteiger partial charge in [-0.3, -0.25) is 0 Å². The van der Waals surface area contributed by atoms with E-state index in [-0.39, 0.29) is 6.79 Å². The molecule has 0 amide bonds. The molecule has 1 N–H and O–H groups in total. The normalized spacial score (nSPS) is 18.8. The van der Waals surface area contributed by atoms with E-state index in [0.717, 1.165) is 56.0 Å². The van der Waals surface area contributed by atoms with Crippen LogP contribution in [0, 0.1) is 0 Å². The highest BCUT2D eigenvalue weighted by Crippen LogP contribution is 2.35. The molecule has 104 valence electrons. The van der Waals surface area contributed by atoms with Gasteiger partial charge in [-0.2, -0.15) is 0 Å². The van der Waals surface area contributed by atoms with Gasteiger partial charge in [0.25, 0.3) is 0 Å². The third-order valence-electron chi connectivity index (χ3n) is 3.75. The fraction of sp³-hybridized carbons (Fsp3) is 0.571. The molecule has 0 saturated carbocycles. The van der Waals surface area contributed by atoms with Gasteiger partial charge in [0.15, 0.2) is 11.5 Å². The molecule has 0 unspecified atom stereocenters. The molecule has 4 nitrogen and oxygen atoms in total. The van der Waals surface area contributed by atoms with E-state index >= 15 is 0 Å². The summed E-state index contributed by atoms with van der Waals surface area (Å²) in [6, 6.07) is 3.70. The van der Waals surface area contributed by atoms with E-state index < -0.39 is 6.67 Å². The summed E-state index contributed by atoms with van der Waals surface area (Å²) in [5.74, 6) is 1.41. The van der Waals surface area contributed by atoms with Gasteiger partial charge in [0.05, 0.1) is 0 Å². The maximum Gasteiger partial charge on any atom is 0.231 e. The molecule has 0 atom stereocenters. The van der Waals surface area contributed by atoms with Crippen LogP contribution in [0.15, 0.2) is 12.1 Å². The Morgan fingerprint density at radius 2 is 1.79 bits per heavy atom. The van der Waals surface area contributed by atoms with Crippen molar-refractivity contribution in [2.24, 2.45) is 0 Å². The molecular formula is C14H19FN2O2. The van der Waals surface area contributed by atoms with Gasteiger partial charge in [0.2, 0.25) is 6.79 Å². The standard InChI is InChI=1S/C14H19FN2O2/c15-9-12-8-14-13(18-10-19-14)7-11(12)1-4-17-5-2-16-3-6-17/h7-8,16H,1-6,9-10H2. The van der Waals surface area contributed by atoms with Gasteiger partial charge in [0, 0.05) is 32.7 Å². The molecule has 19 heavy (non-hydrogen) atoms. The molecule has 1 saturated heterocycles. The predicted molar refractivity (Wildman–Crippen MR) is 70.4 cm³/mol. The van der Waals surface area contributed by atoms with Gasteiger partial charge in [-0.05, 0) is 29.7 Å². The molecule has 1 fully saturated rings. The minimum Gasteiger partial charge on any atom is -0.454 e. The molecule has 0 aromatic heterocycles. The van der Waals surface area contributed by atoms with Gasteiger partial charge < -0.3 is 19.7 Å². The second kappa shape index (κ2) is 5.75. The number of nitrogens with one attached hydrogen (secondary N) is 1. The fourth-order valence-corrected chi connectivity index (χ4v) is 2.60. The summed E-state index contributed by atoms with van der Waals surface area (Å²) in [6.45, 7) is 4.96. The van der Waals surface area contributed by atoms with Crippen molar-refractivity contribution in [1.82, 2.24) is 10.2 Å². The molecular weight excluding hydrogens is 247 g/mol. The Kier molecular flexibility index (Phi) is 3.84. The molecule has 2 aliphatic rings. The van der Waals surface area contributed by atoms with E-state index in [1.165, 1.54) is 0 Å². The van der Waals surface area contributed by atoms with E-state index in [0.29, 0.717) is 5.75 Å². The first-order valence-electron chi connectivity index (χ1n) is 6.77. The molecule has 2 heterocycles. The number of fused-ring (bicyclic) bond motifs is 1. The van der Waals surface area contributed by atoms with Gasteiger partial charge in [-0.15, -0.1) is 0 Å². The molecule has 0 radical (unpaired) electrons.